The Morgan fingerprint density at radius 2 is 2.07 bits per heavy atom. The zero-order valence-corrected chi connectivity index (χ0v) is 9.91. The van der Waals surface area contributed by atoms with Gasteiger partial charge >= 0.3 is 0 Å². The van der Waals surface area contributed by atoms with Gasteiger partial charge in [-0.1, -0.05) is 23.7 Å². The molecule has 1 aromatic heterocycles. The summed E-state index contributed by atoms with van der Waals surface area (Å²) in [6, 6.07) is 8.42. The van der Waals surface area contributed by atoms with E-state index in [1.54, 1.807) is 23.5 Å². The van der Waals surface area contributed by atoms with Crippen molar-refractivity contribution in [3.05, 3.63) is 57.0 Å². The van der Waals surface area contributed by atoms with Gasteiger partial charge in [-0.3, -0.25) is 0 Å². The Hall–Kier alpha value is -0.570. The summed E-state index contributed by atoms with van der Waals surface area (Å²) in [5.41, 5.74) is 0.811. The summed E-state index contributed by atoms with van der Waals surface area (Å²) in [4.78, 5) is 1.03. The molecule has 1 aromatic carbocycles. The van der Waals surface area contributed by atoms with Crippen LogP contribution in [0.25, 0.3) is 0 Å². The molecule has 1 atom stereocenters. The topological polar surface area (TPSA) is 0 Å². The number of alkyl halides is 1. The molecule has 0 spiro atoms. The Morgan fingerprint density at radius 1 is 1.27 bits per heavy atom. The standard InChI is InChI=1S/C11H7Cl2FS/c12-8-6-7(3-4-9(8)14)11(13)10-2-1-5-15-10/h1-6,11H. The van der Waals surface area contributed by atoms with E-state index in [2.05, 4.69) is 0 Å². The van der Waals surface area contributed by atoms with Gasteiger partial charge in [-0.2, -0.15) is 0 Å². The molecule has 15 heavy (non-hydrogen) atoms. The minimum Gasteiger partial charge on any atom is -0.205 e. The van der Waals surface area contributed by atoms with Gasteiger partial charge in [-0.25, -0.2) is 4.39 Å². The van der Waals surface area contributed by atoms with Crippen molar-refractivity contribution in [1.82, 2.24) is 0 Å². The molecule has 1 unspecified atom stereocenters. The second kappa shape index (κ2) is 4.52. The van der Waals surface area contributed by atoms with E-state index >= 15 is 0 Å². The smallest absolute Gasteiger partial charge is 0.141 e. The van der Waals surface area contributed by atoms with Crippen LogP contribution in [0.4, 0.5) is 4.39 Å². The fourth-order valence-electron chi connectivity index (χ4n) is 1.27. The van der Waals surface area contributed by atoms with E-state index in [-0.39, 0.29) is 10.4 Å². The summed E-state index contributed by atoms with van der Waals surface area (Å²) in [7, 11) is 0. The molecule has 0 fully saturated rings. The molecular formula is C11H7Cl2FS. The maximum atomic E-state index is 12.9. The number of hydrogen-bond donors (Lipinski definition) is 0. The van der Waals surface area contributed by atoms with Crippen molar-refractivity contribution in [3.63, 3.8) is 0 Å². The van der Waals surface area contributed by atoms with Crippen LogP contribution in [0.15, 0.2) is 35.7 Å². The van der Waals surface area contributed by atoms with Gasteiger partial charge in [0.15, 0.2) is 0 Å². The number of rotatable bonds is 2. The van der Waals surface area contributed by atoms with Crippen molar-refractivity contribution in [2.45, 2.75) is 5.38 Å². The fourth-order valence-corrected chi connectivity index (χ4v) is 2.55. The van der Waals surface area contributed by atoms with E-state index in [0.29, 0.717) is 0 Å². The molecule has 0 N–H and O–H groups in total. The zero-order valence-electron chi connectivity index (χ0n) is 7.58. The first-order chi connectivity index (χ1) is 7.18. The third-order valence-electron chi connectivity index (χ3n) is 2.03. The molecule has 0 saturated heterocycles. The van der Waals surface area contributed by atoms with Crippen LogP contribution >= 0.6 is 34.5 Å². The predicted octanol–water partition coefficient (Wildman–Crippen LogP) is 4.87. The second-order valence-corrected chi connectivity index (χ2v) is 4.87. The molecule has 78 valence electrons. The van der Waals surface area contributed by atoms with Gasteiger partial charge in [0.05, 0.1) is 10.4 Å². The Labute approximate surface area is 101 Å². The normalized spacial score (nSPS) is 12.7. The van der Waals surface area contributed by atoms with Crippen LogP contribution in [0.1, 0.15) is 15.8 Å². The lowest BCUT2D eigenvalue weighted by atomic mass is 10.1. The summed E-state index contributed by atoms with van der Waals surface area (Å²) in [6.45, 7) is 0. The van der Waals surface area contributed by atoms with E-state index in [1.165, 1.54) is 6.07 Å². The van der Waals surface area contributed by atoms with Crippen LogP contribution < -0.4 is 0 Å². The molecule has 0 aliphatic rings. The van der Waals surface area contributed by atoms with Crippen LogP contribution in [0.3, 0.4) is 0 Å². The SMILES string of the molecule is Fc1ccc(C(Cl)c2cccs2)cc1Cl. The molecule has 0 amide bonds. The quantitative estimate of drug-likeness (QED) is 0.676. The summed E-state index contributed by atoms with van der Waals surface area (Å²) >= 11 is 13.5. The highest BCUT2D eigenvalue weighted by molar-refractivity contribution is 7.10. The van der Waals surface area contributed by atoms with Gasteiger partial charge in [-0.05, 0) is 29.1 Å². The third-order valence-corrected chi connectivity index (χ3v) is 3.87. The lowest BCUT2D eigenvalue weighted by Gasteiger charge is -2.08. The monoisotopic (exact) mass is 260 g/mol. The van der Waals surface area contributed by atoms with Gasteiger partial charge in [0, 0.05) is 4.88 Å². The van der Waals surface area contributed by atoms with Crippen molar-refractivity contribution in [2.75, 3.05) is 0 Å². The molecule has 0 nitrogen and oxygen atoms in total. The van der Waals surface area contributed by atoms with Crippen molar-refractivity contribution in [1.29, 1.82) is 0 Å². The molecule has 0 radical (unpaired) electrons. The highest BCUT2D eigenvalue weighted by atomic mass is 35.5. The molecule has 0 aliphatic heterocycles. The number of benzene rings is 1. The molecule has 0 bridgehead atoms. The van der Waals surface area contributed by atoms with Crippen molar-refractivity contribution < 1.29 is 4.39 Å². The maximum Gasteiger partial charge on any atom is 0.141 e. The maximum absolute atomic E-state index is 12.9. The lowest BCUT2D eigenvalue weighted by Crippen LogP contribution is -1.91. The van der Waals surface area contributed by atoms with Crippen LogP contribution in [0.5, 0.6) is 0 Å². The van der Waals surface area contributed by atoms with Gasteiger partial charge in [0.25, 0.3) is 0 Å². The van der Waals surface area contributed by atoms with E-state index in [1.807, 2.05) is 17.5 Å². The van der Waals surface area contributed by atoms with E-state index in [0.717, 1.165) is 10.4 Å². The van der Waals surface area contributed by atoms with Gasteiger partial charge < -0.3 is 0 Å². The summed E-state index contributed by atoms with van der Waals surface area (Å²) in [5, 5.41) is 1.80. The van der Waals surface area contributed by atoms with E-state index in [9.17, 15) is 4.39 Å². The first-order valence-electron chi connectivity index (χ1n) is 4.31. The van der Waals surface area contributed by atoms with Gasteiger partial charge in [0.2, 0.25) is 0 Å². The summed E-state index contributed by atoms with van der Waals surface area (Å²) in [5.74, 6) is -0.421. The molecule has 0 aliphatic carbocycles. The van der Waals surface area contributed by atoms with Crippen LogP contribution in [-0.2, 0) is 0 Å². The Bertz CT molecular complexity index is 454. The number of thiophene rings is 1. The van der Waals surface area contributed by atoms with Gasteiger partial charge in [0.1, 0.15) is 5.82 Å². The summed E-state index contributed by atoms with van der Waals surface area (Å²) in [6.07, 6.45) is 0. The molecule has 1 heterocycles. The molecular weight excluding hydrogens is 254 g/mol. The average Bonchev–Trinajstić information content (AvgIpc) is 2.74. The average molecular weight is 261 g/mol. The van der Waals surface area contributed by atoms with E-state index < -0.39 is 5.82 Å². The lowest BCUT2D eigenvalue weighted by molar-refractivity contribution is 0.627. The van der Waals surface area contributed by atoms with Crippen LogP contribution in [0.2, 0.25) is 5.02 Å². The largest absolute Gasteiger partial charge is 0.205 e. The second-order valence-electron chi connectivity index (χ2n) is 3.05. The Kier molecular flexibility index (Phi) is 3.29. The molecule has 2 aromatic rings. The highest BCUT2D eigenvalue weighted by Crippen LogP contribution is 2.33. The van der Waals surface area contributed by atoms with E-state index in [4.69, 9.17) is 23.2 Å². The minimum absolute atomic E-state index is 0.106. The number of halogens is 3. The van der Waals surface area contributed by atoms with Crippen LogP contribution in [0, 0.1) is 5.82 Å². The van der Waals surface area contributed by atoms with Crippen LogP contribution in [-0.4, -0.2) is 0 Å². The Balaban J connectivity index is 2.34. The predicted molar refractivity (Wildman–Crippen MR) is 63.4 cm³/mol. The molecule has 4 heteroatoms. The van der Waals surface area contributed by atoms with Crippen molar-refractivity contribution in [3.8, 4) is 0 Å². The fraction of sp³-hybridized carbons (Fsp3) is 0.0909. The number of hydrogen-bond acceptors (Lipinski definition) is 1. The molecule has 2 rings (SSSR count). The van der Waals surface area contributed by atoms with Crippen molar-refractivity contribution >= 4 is 34.5 Å². The third kappa shape index (κ3) is 2.33. The highest BCUT2D eigenvalue weighted by Gasteiger charge is 2.13. The molecule has 0 saturated carbocycles. The Morgan fingerprint density at radius 3 is 2.67 bits per heavy atom. The van der Waals surface area contributed by atoms with Crippen molar-refractivity contribution in [2.24, 2.45) is 0 Å². The zero-order chi connectivity index (χ0) is 10.8. The minimum atomic E-state index is -0.421. The summed E-state index contributed by atoms with van der Waals surface area (Å²) < 4.78 is 12.9. The first-order valence-corrected chi connectivity index (χ1v) is 6.00. The van der Waals surface area contributed by atoms with Gasteiger partial charge in [-0.15, -0.1) is 22.9 Å². The first kappa shape index (κ1) is 10.9.